The minimum absolute atomic E-state index is 0.374. The minimum Gasteiger partial charge on any atom is -0.497 e. The summed E-state index contributed by atoms with van der Waals surface area (Å²) >= 11 is 0. The van der Waals surface area contributed by atoms with Gasteiger partial charge >= 0.3 is 0 Å². The molecule has 4 rings (SSSR count). The summed E-state index contributed by atoms with van der Waals surface area (Å²) < 4.78 is 23.0. The average molecular weight is 323 g/mol. The molecular formula is C17H14FN5O. The quantitative estimate of drug-likeness (QED) is 0.579. The van der Waals surface area contributed by atoms with Gasteiger partial charge in [0.15, 0.2) is 5.65 Å². The van der Waals surface area contributed by atoms with Gasteiger partial charge in [-0.25, -0.2) is 18.9 Å². The van der Waals surface area contributed by atoms with Gasteiger partial charge in [-0.1, -0.05) is 6.07 Å². The van der Waals surface area contributed by atoms with Crippen molar-refractivity contribution in [2.75, 3.05) is 7.11 Å². The van der Waals surface area contributed by atoms with Crippen LogP contribution in [0.25, 0.3) is 17.0 Å². The number of rotatable bonds is 4. The lowest BCUT2D eigenvalue weighted by molar-refractivity contribution is 0.411. The minimum atomic E-state index is -0.374. The van der Waals surface area contributed by atoms with E-state index in [4.69, 9.17) is 4.74 Å². The number of hydrogen-bond acceptors (Lipinski definition) is 4. The zero-order chi connectivity index (χ0) is 16.5. The molecule has 1 aromatic carbocycles. The van der Waals surface area contributed by atoms with Gasteiger partial charge in [0.1, 0.15) is 23.7 Å². The van der Waals surface area contributed by atoms with Crippen LogP contribution >= 0.6 is 0 Å². The number of nitrogens with zero attached hydrogens (tertiary/aromatic N) is 5. The van der Waals surface area contributed by atoms with Gasteiger partial charge in [0.05, 0.1) is 24.9 Å². The van der Waals surface area contributed by atoms with E-state index in [-0.39, 0.29) is 5.82 Å². The molecule has 4 aromatic rings. The lowest BCUT2D eigenvalue weighted by atomic mass is 10.2. The topological polar surface area (TPSA) is 57.2 Å². The molecule has 3 heterocycles. The standard InChI is InChI=1S/C17H14FN5O/c1-24-13-5-6-14(15(18)9-13)17-19-7-8-22(17)10-12-3-2-4-16-20-11-21-23(12)16/h2-9,11H,10H2,1H3. The fourth-order valence-corrected chi connectivity index (χ4v) is 2.68. The molecule has 0 aliphatic carbocycles. The highest BCUT2D eigenvalue weighted by molar-refractivity contribution is 5.58. The monoisotopic (exact) mass is 323 g/mol. The van der Waals surface area contributed by atoms with E-state index in [1.165, 1.54) is 19.5 Å². The van der Waals surface area contributed by atoms with Gasteiger partial charge in [-0.2, -0.15) is 5.10 Å². The Balaban J connectivity index is 1.74. The first-order valence-corrected chi connectivity index (χ1v) is 7.39. The summed E-state index contributed by atoms with van der Waals surface area (Å²) in [5, 5.41) is 4.22. The number of pyridine rings is 1. The van der Waals surface area contributed by atoms with Crippen molar-refractivity contribution in [2.24, 2.45) is 0 Å². The molecule has 0 aliphatic rings. The Hall–Kier alpha value is -3.22. The molecule has 6 nitrogen and oxygen atoms in total. The first kappa shape index (κ1) is 14.4. The second kappa shape index (κ2) is 5.77. The maximum absolute atomic E-state index is 14.4. The smallest absolute Gasteiger partial charge is 0.155 e. The first-order chi connectivity index (χ1) is 11.8. The summed E-state index contributed by atoms with van der Waals surface area (Å²) in [6.45, 7) is 0.501. The fraction of sp³-hybridized carbons (Fsp3) is 0.118. The zero-order valence-corrected chi connectivity index (χ0v) is 12.9. The summed E-state index contributed by atoms with van der Waals surface area (Å²) in [6, 6.07) is 10.5. The predicted molar refractivity (Wildman–Crippen MR) is 86.3 cm³/mol. The number of benzene rings is 1. The van der Waals surface area contributed by atoms with E-state index >= 15 is 0 Å². The molecule has 24 heavy (non-hydrogen) atoms. The van der Waals surface area contributed by atoms with Gasteiger partial charge in [-0.05, 0) is 24.3 Å². The molecule has 0 bridgehead atoms. The van der Waals surface area contributed by atoms with Crippen molar-refractivity contribution in [2.45, 2.75) is 6.54 Å². The van der Waals surface area contributed by atoms with Gasteiger partial charge in [0.25, 0.3) is 0 Å². The van der Waals surface area contributed by atoms with E-state index in [9.17, 15) is 4.39 Å². The number of fused-ring (bicyclic) bond motifs is 1. The third-order valence-corrected chi connectivity index (χ3v) is 3.85. The number of methoxy groups -OCH3 is 1. The summed E-state index contributed by atoms with van der Waals surface area (Å²) in [5.41, 5.74) is 2.12. The first-order valence-electron chi connectivity index (χ1n) is 7.39. The Morgan fingerprint density at radius 1 is 1.17 bits per heavy atom. The number of imidazole rings is 1. The molecule has 0 radical (unpaired) electrons. The number of halogens is 1. The van der Waals surface area contributed by atoms with Crippen molar-refractivity contribution in [1.82, 2.24) is 24.1 Å². The van der Waals surface area contributed by atoms with Gasteiger partial charge in [-0.15, -0.1) is 0 Å². The molecular weight excluding hydrogens is 309 g/mol. The highest BCUT2D eigenvalue weighted by Gasteiger charge is 2.13. The molecule has 0 saturated heterocycles. The van der Waals surface area contributed by atoms with Crippen LogP contribution in [-0.2, 0) is 6.54 Å². The maximum Gasteiger partial charge on any atom is 0.155 e. The summed E-state index contributed by atoms with van der Waals surface area (Å²) in [4.78, 5) is 8.48. The second-order valence-corrected chi connectivity index (χ2v) is 5.27. The van der Waals surface area contributed by atoms with Crippen molar-refractivity contribution in [3.8, 4) is 17.1 Å². The lowest BCUT2D eigenvalue weighted by Gasteiger charge is -2.10. The lowest BCUT2D eigenvalue weighted by Crippen LogP contribution is -2.07. The number of aromatic nitrogens is 5. The van der Waals surface area contributed by atoms with Crippen LogP contribution in [0.15, 0.2) is 55.1 Å². The van der Waals surface area contributed by atoms with Crippen molar-refractivity contribution in [1.29, 1.82) is 0 Å². The molecule has 7 heteroatoms. The largest absolute Gasteiger partial charge is 0.497 e. The molecule has 0 N–H and O–H groups in total. The Morgan fingerprint density at radius 3 is 2.92 bits per heavy atom. The van der Waals surface area contributed by atoms with Gasteiger partial charge in [-0.3, -0.25) is 0 Å². The van der Waals surface area contributed by atoms with E-state index in [1.54, 1.807) is 22.8 Å². The van der Waals surface area contributed by atoms with Crippen molar-refractivity contribution in [3.05, 3.63) is 66.6 Å². The predicted octanol–water partition coefficient (Wildman–Crippen LogP) is 2.79. The summed E-state index contributed by atoms with van der Waals surface area (Å²) in [7, 11) is 1.51. The van der Waals surface area contributed by atoms with Gasteiger partial charge in [0.2, 0.25) is 0 Å². The average Bonchev–Trinajstić information content (AvgIpc) is 3.24. The fourth-order valence-electron chi connectivity index (χ4n) is 2.68. The van der Waals surface area contributed by atoms with Gasteiger partial charge in [0, 0.05) is 18.5 Å². The van der Waals surface area contributed by atoms with E-state index < -0.39 is 0 Å². The zero-order valence-electron chi connectivity index (χ0n) is 12.9. The highest BCUT2D eigenvalue weighted by atomic mass is 19.1. The molecule has 0 aliphatic heterocycles. The third kappa shape index (κ3) is 2.40. The molecule has 0 unspecified atom stereocenters. The van der Waals surface area contributed by atoms with Crippen molar-refractivity contribution >= 4 is 5.65 Å². The summed E-state index contributed by atoms with van der Waals surface area (Å²) in [5.74, 6) is 0.648. The Labute approximate surface area is 137 Å². The van der Waals surface area contributed by atoms with Crippen molar-refractivity contribution < 1.29 is 9.13 Å². The highest BCUT2D eigenvalue weighted by Crippen LogP contribution is 2.25. The number of ether oxygens (including phenoxy) is 1. The van der Waals surface area contributed by atoms with E-state index in [1.807, 2.05) is 29.0 Å². The van der Waals surface area contributed by atoms with Crippen LogP contribution in [0.1, 0.15) is 5.69 Å². The van der Waals surface area contributed by atoms with Crippen LogP contribution in [0.4, 0.5) is 4.39 Å². The molecule has 0 atom stereocenters. The molecule has 0 spiro atoms. The molecule has 0 fully saturated rings. The molecule has 3 aromatic heterocycles. The molecule has 120 valence electrons. The van der Waals surface area contributed by atoms with Crippen LogP contribution in [0.3, 0.4) is 0 Å². The van der Waals surface area contributed by atoms with Crippen LogP contribution in [0, 0.1) is 5.82 Å². The van der Waals surface area contributed by atoms with Crippen LogP contribution < -0.4 is 4.74 Å². The number of hydrogen-bond donors (Lipinski definition) is 0. The maximum atomic E-state index is 14.4. The summed E-state index contributed by atoms with van der Waals surface area (Å²) in [6.07, 6.45) is 4.98. The van der Waals surface area contributed by atoms with E-state index in [0.29, 0.717) is 23.7 Å². The van der Waals surface area contributed by atoms with E-state index in [0.717, 1.165) is 11.3 Å². The SMILES string of the molecule is COc1ccc(-c2nccn2Cc2cccc3ncnn23)c(F)c1. The Morgan fingerprint density at radius 2 is 2.08 bits per heavy atom. The molecule has 0 saturated carbocycles. The van der Waals surface area contributed by atoms with Crippen molar-refractivity contribution in [3.63, 3.8) is 0 Å². The van der Waals surface area contributed by atoms with Crippen LogP contribution in [-0.4, -0.2) is 31.3 Å². The Bertz CT molecular complexity index is 1010. The molecule has 0 amide bonds. The van der Waals surface area contributed by atoms with E-state index in [2.05, 4.69) is 15.1 Å². The van der Waals surface area contributed by atoms with Crippen LogP contribution in [0.2, 0.25) is 0 Å². The third-order valence-electron chi connectivity index (χ3n) is 3.85. The normalized spacial score (nSPS) is 11.1. The second-order valence-electron chi connectivity index (χ2n) is 5.27. The Kier molecular flexibility index (Phi) is 3.45. The van der Waals surface area contributed by atoms with Gasteiger partial charge < -0.3 is 9.30 Å². The van der Waals surface area contributed by atoms with Crippen LogP contribution in [0.5, 0.6) is 5.75 Å².